The number of benzene rings is 2. The quantitative estimate of drug-likeness (QED) is 0.348. The van der Waals surface area contributed by atoms with E-state index in [1.165, 1.54) is 55.8 Å². The second-order valence-corrected chi connectivity index (χ2v) is 10.4. The number of ether oxygens (including phenoxy) is 1. The number of methoxy groups -OCH3 is 1. The summed E-state index contributed by atoms with van der Waals surface area (Å²) in [5.74, 6) is -2.79. The molecule has 1 fully saturated rings. The van der Waals surface area contributed by atoms with Crippen LogP contribution >= 0.6 is 0 Å². The second-order valence-electron chi connectivity index (χ2n) is 8.67. The Labute approximate surface area is 207 Å². The summed E-state index contributed by atoms with van der Waals surface area (Å²) in [5, 5.41) is 3.86. The number of rotatable bonds is 6. The van der Waals surface area contributed by atoms with E-state index in [1.54, 1.807) is 0 Å². The Hall–Kier alpha value is -3.87. The van der Waals surface area contributed by atoms with Crippen LogP contribution in [0.1, 0.15) is 24.3 Å². The molecule has 1 saturated carbocycles. The lowest BCUT2D eigenvalue weighted by Crippen LogP contribution is -2.34. The first kappa shape index (κ1) is 24.8. The summed E-state index contributed by atoms with van der Waals surface area (Å²) in [6, 6.07) is 10.3. The summed E-state index contributed by atoms with van der Waals surface area (Å²) in [4.78, 5) is 12.7. The van der Waals surface area contributed by atoms with Crippen molar-refractivity contribution >= 4 is 26.7 Å². The van der Waals surface area contributed by atoms with Gasteiger partial charge in [-0.1, -0.05) is 5.16 Å². The van der Waals surface area contributed by atoms with Gasteiger partial charge < -0.3 is 9.26 Å². The molecule has 0 aliphatic heterocycles. The van der Waals surface area contributed by atoms with E-state index in [0.717, 1.165) is 10.6 Å². The van der Waals surface area contributed by atoms with Crippen LogP contribution in [0.25, 0.3) is 16.6 Å². The maximum Gasteiger partial charge on any atom is 0.391 e. The number of fused-ring (bicyclic) bond motifs is 1. The van der Waals surface area contributed by atoms with E-state index in [-0.39, 0.29) is 46.1 Å². The van der Waals surface area contributed by atoms with Crippen molar-refractivity contribution in [2.24, 2.45) is 5.92 Å². The number of sulfonamides is 1. The normalized spacial score (nSPS) is 18.0. The molecule has 0 atom stereocenters. The molecule has 0 spiro atoms. The molecule has 0 unspecified atom stereocenters. The molecule has 1 N–H and O–H groups in total. The van der Waals surface area contributed by atoms with Crippen LogP contribution in [0.3, 0.4) is 0 Å². The molecular formula is C24H19F4N3O5S. The summed E-state index contributed by atoms with van der Waals surface area (Å²) < 4.78 is 92.7. The molecule has 2 aromatic heterocycles. The first-order chi connectivity index (χ1) is 17.5. The highest BCUT2D eigenvalue weighted by atomic mass is 32.2. The van der Waals surface area contributed by atoms with Crippen molar-refractivity contribution in [1.29, 1.82) is 0 Å². The topological polar surface area (TPSA) is 103 Å². The molecule has 2 aromatic carbocycles. The van der Waals surface area contributed by atoms with Crippen molar-refractivity contribution in [3.63, 3.8) is 0 Å². The zero-order valence-corrected chi connectivity index (χ0v) is 19.9. The number of alkyl halides is 3. The smallest absolute Gasteiger partial charge is 0.391 e. The lowest BCUT2D eigenvalue weighted by atomic mass is 9.71. The first-order valence-electron chi connectivity index (χ1n) is 11.0. The number of hydrogen-bond donors (Lipinski definition) is 1. The van der Waals surface area contributed by atoms with Crippen molar-refractivity contribution in [2.45, 2.75) is 29.8 Å². The minimum absolute atomic E-state index is 0.0154. The minimum atomic E-state index is -4.33. The molecule has 0 radical (unpaired) electrons. The summed E-state index contributed by atoms with van der Waals surface area (Å²) in [6.07, 6.45) is -3.58. The fourth-order valence-corrected chi connectivity index (χ4v) is 5.48. The molecule has 0 bridgehead atoms. The van der Waals surface area contributed by atoms with Gasteiger partial charge in [-0.3, -0.25) is 14.1 Å². The third-order valence-electron chi connectivity index (χ3n) is 6.43. The summed E-state index contributed by atoms with van der Waals surface area (Å²) in [6.45, 7) is 0. The Kier molecular flexibility index (Phi) is 5.97. The van der Waals surface area contributed by atoms with Crippen LogP contribution < -0.4 is 15.0 Å². The Morgan fingerprint density at radius 1 is 1.11 bits per heavy atom. The van der Waals surface area contributed by atoms with Gasteiger partial charge in [-0.25, -0.2) is 12.8 Å². The van der Waals surface area contributed by atoms with Crippen molar-refractivity contribution in [2.75, 3.05) is 11.8 Å². The van der Waals surface area contributed by atoms with Crippen molar-refractivity contribution in [3.8, 4) is 11.4 Å². The molecule has 0 saturated heterocycles. The van der Waals surface area contributed by atoms with E-state index in [9.17, 15) is 26.4 Å². The molecular weight excluding hydrogens is 518 g/mol. The first-order valence-corrected chi connectivity index (χ1v) is 12.5. The number of nitrogens with one attached hydrogen (secondary N) is 1. The third kappa shape index (κ3) is 4.54. The van der Waals surface area contributed by atoms with E-state index in [0.29, 0.717) is 5.39 Å². The third-order valence-corrected chi connectivity index (χ3v) is 7.79. The van der Waals surface area contributed by atoms with E-state index in [4.69, 9.17) is 4.74 Å². The Bertz CT molecular complexity index is 1640. The average Bonchev–Trinajstić information content (AvgIpc) is 3.30. The number of anilines is 1. The van der Waals surface area contributed by atoms with Gasteiger partial charge in [-0.2, -0.15) is 13.2 Å². The average molecular weight is 537 g/mol. The van der Waals surface area contributed by atoms with Gasteiger partial charge in [-0.15, -0.1) is 0 Å². The van der Waals surface area contributed by atoms with Crippen LogP contribution in [0.15, 0.2) is 69.0 Å². The number of halogens is 4. The Morgan fingerprint density at radius 3 is 2.51 bits per heavy atom. The highest BCUT2D eigenvalue weighted by Crippen LogP contribution is 2.50. The molecule has 37 heavy (non-hydrogen) atoms. The number of hydrogen-bond acceptors (Lipinski definition) is 6. The summed E-state index contributed by atoms with van der Waals surface area (Å²) in [7, 11) is -2.73. The molecule has 194 valence electrons. The number of aromatic nitrogens is 2. The molecule has 1 aliphatic carbocycles. The van der Waals surface area contributed by atoms with Crippen LogP contribution in [0, 0.1) is 11.7 Å². The SMILES string of the molecule is COc1cc([C@H]2C[C@H](C(F)(F)F)C2)c(F)cc1-n1c(=O)ccc2cc(S(=O)(=O)Nc3ccon3)ccc21. The highest BCUT2D eigenvalue weighted by molar-refractivity contribution is 7.92. The van der Waals surface area contributed by atoms with E-state index in [1.807, 2.05) is 0 Å². The van der Waals surface area contributed by atoms with E-state index < -0.39 is 39.4 Å². The van der Waals surface area contributed by atoms with Gasteiger partial charge in [0, 0.05) is 23.6 Å². The van der Waals surface area contributed by atoms with E-state index >= 15 is 4.39 Å². The predicted molar refractivity (Wildman–Crippen MR) is 125 cm³/mol. The molecule has 2 heterocycles. The molecule has 13 heteroatoms. The fraction of sp³-hybridized carbons (Fsp3) is 0.250. The monoisotopic (exact) mass is 537 g/mol. The minimum Gasteiger partial charge on any atom is -0.495 e. The predicted octanol–water partition coefficient (Wildman–Crippen LogP) is 4.98. The zero-order valence-electron chi connectivity index (χ0n) is 19.1. The van der Waals surface area contributed by atoms with E-state index in [2.05, 4.69) is 14.4 Å². The second kappa shape index (κ2) is 8.91. The van der Waals surface area contributed by atoms with Crippen LogP contribution in [0.2, 0.25) is 0 Å². The van der Waals surface area contributed by atoms with Crippen LogP contribution in [0.4, 0.5) is 23.4 Å². The van der Waals surface area contributed by atoms with Gasteiger partial charge in [-0.05, 0) is 54.7 Å². The molecule has 0 amide bonds. The fourth-order valence-electron chi connectivity index (χ4n) is 4.45. The summed E-state index contributed by atoms with van der Waals surface area (Å²) >= 11 is 0. The van der Waals surface area contributed by atoms with Crippen LogP contribution in [-0.2, 0) is 10.0 Å². The maximum atomic E-state index is 15.1. The molecule has 5 rings (SSSR count). The van der Waals surface area contributed by atoms with Gasteiger partial charge in [0.05, 0.1) is 29.1 Å². The lowest BCUT2D eigenvalue weighted by Gasteiger charge is -2.37. The van der Waals surface area contributed by atoms with Crippen molar-refractivity contribution < 1.29 is 35.2 Å². The lowest BCUT2D eigenvalue weighted by molar-refractivity contribution is -0.197. The maximum absolute atomic E-state index is 15.1. The Morgan fingerprint density at radius 2 is 1.86 bits per heavy atom. The zero-order chi connectivity index (χ0) is 26.5. The molecule has 4 aromatic rings. The number of pyridine rings is 1. The van der Waals surface area contributed by atoms with Crippen LogP contribution in [0.5, 0.6) is 5.75 Å². The molecule has 1 aliphatic rings. The molecule has 8 nitrogen and oxygen atoms in total. The van der Waals surface area contributed by atoms with Crippen LogP contribution in [-0.4, -0.2) is 31.4 Å². The Balaban J connectivity index is 1.55. The standard InChI is InChI=1S/C24H19F4N3O5S/c1-35-21-11-17(14-8-15(9-14)24(26,27)28)18(25)12-20(21)31-19-4-3-16(10-13(19)2-5-23(31)32)37(33,34)30-22-6-7-36-29-22/h2-7,10-12,14-15H,8-9H2,1H3,(H,29,30)/t14-,15-. The van der Waals surface area contributed by atoms with Gasteiger partial charge in [0.25, 0.3) is 15.6 Å². The number of nitrogens with zero attached hydrogens (tertiary/aromatic N) is 2. The van der Waals surface area contributed by atoms with Crippen molar-refractivity contribution in [1.82, 2.24) is 9.72 Å². The van der Waals surface area contributed by atoms with Crippen molar-refractivity contribution in [3.05, 3.63) is 76.5 Å². The van der Waals surface area contributed by atoms with Gasteiger partial charge in [0.2, 0.25) is 0 Å². The highest BCUT2D eigenvalue weighted by Gasteiger charge is 2.48. The van der Waals surface area contributed by atoms with Gasteiger partial charge in [0.1, 0.15) is 17.8 Å². The van der Waals surface area contributed by atoms with Gasteiger partial charge in [0.15, 0.2) is 5.82 Å². The van der Waals surface area contributed by atoms with Gasteiger partial charge >= 0.3 is 6.18 Å². The summed E-state index contributed by atoms with van der Waals surface area (Å²) in [5.41, 5.74) is -0.168. The largest absolute Gasteiger partial charge is 0.495 e.